The molecular weight excluding hydrogens is 370 g/mol. The average Bonchev–Trinajstić information content (AvgIpc) is 2.74. The molecule has 1 amide bonds. The number of carbonyl (C=O) groups is 1. The molecule has 7 nitrogen and oxygen atoms in total. The van der Waals surface area contributed by atoms with Gasteiger partial charge in [-0.05, 0) is 42.3 Å². The molecule has 1 heterocycles. The largest absolute Gasteiger partial charge is 0.492 e. The van der Waals surface area contributed by atoms with Crippen molar-refractivity contribution in [2.75, 3.05) is 13.2 Å². The van der Waals surface area contributed by atoms with E-state index in [1.807, 2.05) is 24.3 Å². The first-order valence-corrected chi connectivity index (χ1v) is 9.62. The number of aromatic nitrogens is 2. The fourth-order valence-electron chi connectivity index (χ4n) is 3.15. The van der Waals surface area contributed by atoms with E-state index in [0.29, 0.717) is 24.1 Å². The SMILES string of the molecule is CCCc1ccc(OCCNC(=O)c2ccc3c(=O)n(C)n(C)c(=O)c3c2)cc1. The summed E-state index contributed by atoms with van der Waals surface area (Å²) >= 11 is 0. The molecular formula is C22H25N3O4. The summed E-state index contributed by atoms with van der Waals surface area (Å²) in [6, 6.07) is 12.4. The molecule has 0 atom stereocenters. The first kappa shape index (κ1) is 20.4. The van der Waals surface area contributed by atoms with Gasteiger partial charge in [-0.15, -0.1) is 0 Å². The third-order valence-electron chi connectivity index (χ3n) is 4.90. The number of hydrogen-bond donors (Lipinski definition) is 1. The molecule has 1 aromatic heterocycles. The van der Waals surface area contributed by atoms with Gasteiger partial charge in [-0.3, -0.25) is 23.7 Å². The van der Waals surface area contributed by atoms with Crippen LogP contribution in [-0.2, 0) is 20.5 Å². The normalized spacial score (nSPS) is 10.9. The number of rotatable bonds is 7. The Morgan fingerprint density at radius 2 is 1.62 bits per heavy atom. The van der Waals surface area contributed by atoms with Gasteiger partial charge in [-0.1, -0.05) is 25.5 Å². The molecule has 0 saturated heterocycles. The molecule has 3 aromatic rings. The van der Waals surface area contributed by atoms with Crippen LogP contribution in [0.25, 0.3) is 10.8 Å². The zero-order chi connectivity index (χ0) is 21.0. The fraction of sp³-hybridized carbons (Fsp3) is 0.318. The predicted molar refractivity (Wildman–Crippen MR) is 113 cm³/mol. The van der Waals surface area contributed by atoms with Gasteiger partial charge in [0, 0.05) is 19.7 Å². The second-order valence-corrected chi connectivity index (χ2v) is 6.92. The molecule has 0 spiro atoms. The maximum Gasteiger partial charge on any atom is 0.273 e. The Morgan fingerprint density at radius 3 is 2.28 bits per heavy atom. The number of aryl methyl sites for hydroxylation is 1. The number of ether oxygens (including phenoxy) is 1. The van der Waals surface area contributed by atoms with Crippen LogP contribution in [0.5, 0.6) is 5.75 Å². The summed E-state index contributed by atoms with van der Waals surface area (Å²) in [6.45, 7) is 2.79. The Balaban J connectivity index is 1.63. The standard InChI is InChI=1S/C22H25N3O4/c1-4-5-15-6-9-17(10-7-15)29-13-12-23-20(26)16-8-11-18-19(14-16)22(28)25(3)24(2)21(18)27/h6-11,14H,4-5,12-13H2,1-3H3,(H,23,26). The number of hydrogen-bond acceptors (Lipinski definition) is 4. The van der Waals surface area contributed by atoms with E-state index in [-0.39, 0.29) is 22.4 Å². The summed E-state index contributed by atoms with van der Waals surface area (Å²) < 4.78 is 8.12. The Bertz CT molecular complexity index is 1140. The second-order valence-electron chi connectivity index (χ2n) is 6.92. The number of fused-ring (bicyclic) bond motifs is 1. The highest BCUT2D eigenvalue weighted by Crippen LogP contribution is 2.13. The first-order valence-electron chi connectivity index (χ1n) is 9.62. The minimum atomic E-state index is -0.327. The first-order chi connectivity index (χ1) is 13.9. The van der Waals surface area contributed by atoms with E-state index in [2.05, 4.69) is 12.2 Å². The second kappa shape index (κ2) is 8.77. The average molecular weight is 395 g/mol. The molecule has 0 aliphatic carbocycles. The van der Waals surface area contributed by atoms with Crippen molar-refractivity contribution < 1.29 is 9.53 Å². The summed E-state index contributed by atoms with van der Waals surface area (Å²) in [5.41, 5.74) is 0.983. The van der Waals surface area contributed by atoms with Crippen LogP contribution in [0.3, 0.4) is 0 Å². The Labute approximate surface area is 168 Å². The van der Waals surface area contributed by atoms with Crippen LogP contribution in [0.1, 0.15) is 29.3 Å². The van der Waals surface area contributed by atoms with Crippen LogP contribution in [0.15, 0.2) is 52.1 Å². The summed E-state index contributed by atoms with van der Waals surface area (Å²) in [7, 11) is 3.04. The van der Waals surface area contributed by atoms with E-state index in [4.69, 9.17) is 4.74 Å². The van der Waals surface area contributed by atoms with Gasteiger partial charge < -0.3 is 10.1 Å². The predicted octanol–water partition coefficient (Wildman–Crippen LogP) is 2.00. The van der Waals surface area contributed by atoms with Gasteiger partial charge in [0.25, 0.3) is 17.0 Å². The molecule has 0 aliphatic heterocycles. The summed E-state index contributed by atoms with van der Waals surface area (Å²) in [4.78, 5) is 37.1. The number of benzene rings is 2. The van der Waals surface area contributed by atoms with Crippen molar-refractivity contribution in [3.63, 3.8) is 0 Å². The molecule has 0 unspecified atom stereocenters. The van der Waals surface area contributed by atoms with Gasteiger partial charge in [-0.25, -0.2) is 0 Å². The lowest BCUT2D eigenvalue weighted by molar-refractivity contribution is 0.0947. The highest BCUT2D eigenvalue weighted by Gasteiger charge is 2.12. The van der Waals surface area contributed by atoms with E-state index in [1.165, 1.54) is 41.2 Å². The molecule has 0 fully saturated rings. The van der Waals surface area contributed by atoms with E-state index >= 15 is 0 Å². The minimum Gasteiger partial charge on any atom is -0.492 e. The number of amides is 1. The molecule has 7 heteroatoms. The van der Waals surface area contributed by atoms with Crippen molar-refractivity contribution in [1.82, 2.24) is 14.7 Å². The monoisotopic (exact) mass is 395 g/mol. The Hall–Kier alpha value is -3.35. The molecule has 0 bridgehead atoms. The summed E-state index contributed by atoms with van der Waals surface area (Å²) in [5.74, 6) is 0.431. The third kappa shape index (κ3) is 4.39. The van der Waals surface area contributed by atoms with E-state index in [9.17, 15) is 14.4 Å². The van der Waals surface area contributed by atoms with Crippen LogP contribution in [0, 0.1) is 0 Å². The van der Waals surface area contributed by atoms with Gasteiger partial charge in [0.15, 0.2) is 0 Å². The van der Waals surface area contributed by atoms with Crippen LogP contribution in [0.4, 0.5) is 0 Å². The van der Waals surface area contributed by atoms with Crippen LogP contribution in [0.2, 0.25) is 0 Å². The molecule has 0 radical (unpaired) electrons. The number of nitrogens with zero attached hydrogens (tertiary/aromatic N) is 2. The zero-order valence-electron chi connectivity index (χ0n) is 16.9. The zero-order valence-corrected chi connectivity index (χ0v) is 16.9. The van der Waals surface area contributed by atoms with Crippen molar-refractivity contribution in [3.05, 3.63) is 74.3 Å². The molecule has 1 N–H and O–H groups in total. The molecule has 0 saturated carbocycles. The van der Waals surface area contributed by atoms with Gasteiger partial charge >= 0.3 is 0 Å². The van der Waals surface area contributed by atoms with Crippen molar-refractivity contribution in [1.29, 1.82) is 0 Å². The molecule has 2 aromatic carbocycles. The lowest BCUT2D eigenvalue weighted by Crippen LogP contribution is -2.35. The van der Waals surface area contributed by atoms with Crippen molar-refractivity contribution in [3.8, 4) is 5.75 Å². The van der Waals surface area contributed by atoms with Crippen LogP contribution in [-0.4, -0.2) is 28.4 Å². The highest BCUT2D eigenvalue weighted by molar-refractivity contribution is 5.98. The number of carbonyl (C=O) groups excluding carboxylic acids is 1. The van der Waals surface area contributed by atoms with Crippen LogP contribution >= 0.6 is 0 Å². The summed E-state index contributed by atoms with van der Waals surface area (Å²) in [6.07, 6.45) is 2.14. The quantitative estimate of drug-likeness (QED) is 0.621. The lowest BCUT2D eigenvalue weighted by Gasteiger charge is -2.10. The highest BCUT2D eigenvalue weighted by atomic mass is 16.5. The van der Waals surface area contributed by atoms with Crippen molar-refractivity contribution in [2.24, 2.45) is 14.1 Å². The molecule has 3 rings (SSSR count). The van der Waals surface area contributed by atoms with Gasteiger partial charge in [0.2, 0.25) is 0 Å². The van der Waals surface area contributed by atoms with Gasteiger partial charge in [0.05, 0.1) is 17.3 Å². The van der Waals surface area contributed by atoms with E-state index < -0.39 is 0 Å². The van der Waals surface area contributed by atoms with E-state index in [0.717, 1.165) is 18.6 Å². The maximum atomic E-state index is 12.4. The van der Waals surface area contributed by atoms with Crippen molar-refractivity contribution >= 4 is 16.7 Å². The smallest absolute Gasteiger partial charge is 0.273 e. The Morgan fingerprint density at radius 1 is 0.966 bits per heavy atom. The molecule has 152 valence electrons. The van der Waals surface area contributed by atoms with Crippen LogP contribution < -0.4 is 21.2 Å². The fourth-order valence-corrected chi connectivity index (χ4v) is 3.15. The molecule has 29 heavy (non-hydrogen) atoms. The topological polar surface area (TPSA) is 82.3 Å². The van der Waals surface area contributed by atoms with E-state index in [1.54, 1.807) is 6.07 Å². The minimum absolute atomic E-state index is 0.228. The maximum absolute atomic E-state index is 12.4. The lowest BCUT2D eigenvalue weighted by atomic mass is 10.1. The van der Waals surface area contributed by atoms with Crippen molar-refractivity contribution in [2.45, 2.75) is 19.8 Å². The van der Waals surface area contributed by atoms with Gasteiger partial charge in [0.1, 0.15) is 12.4 Å². The summed E-state index contributed by atoms with van der Waals surface area (Å²) in [5, 5.41) is 3.29. The number of nitrogens with one attached hydrogen (secondary N) is 1. The molecule has 0 aliphatic rings. The Kier molecular flexibility index (Phi) is 6.16. The van der Waals surface area contributed by atoms with Gasteiger partial charge in [-0.2, -0.15) is 0 Å². The third-order valence-corrected chi connectivity index (χ3v) is 4.90.